The molecule has 1 amide bonds. The van der Waals surface area contributed by atoms with Crippen molar-refractivity contribution in [3.8, 4) is 0 Å². The van der Waals surface area contributed by atoms with Crippen molar-refractivity contribution >= 4 is 20.8 Å². The first-order chi connectivity index (χ1) is 13.3. The maximum atomic E-state index is 12.4. The zero-order valence-corrected chi connectivity index (χ0v) is 19.3. The van der Waals surface area contributed by atoms with Gasteiger partial charge in [0.05, 0.1) is 6.61 Å². The van der Waals surface area contributed by atoms with Gasteiger partial charge in [-0.15, -0.1) is 0 Å². The molecular weight excluding hydrogens is 394 g/mol. The maximum absolute atomic E-state index is 12.4. The van der Waals surface area contributed by atoms with Crippen LogP contribution in [-0.4, -0.2) is 59.6 Å². The van der Waals surface area contributed by atoms with E-state index in [0.717, 1.165) is 4.57 Å². The zero-order chi connectivity index (χ0) is 22.1. The number of hydrogen-bond donors (Lipinski definition) is 3. The van der Waals surface area contributed by atoms with Gasteiger partial charge >= 0.3 is 5.69 Å². The van der Waals surface area contributed by atoms with Crippen molar-refractivity contribution in [3.63, 3.8) is 0 Å². The predicted molar refractivity (Wildman–Crippen MR) is 111 cm³/mol. The number of anilines is 1. The minimum Gasteiger partial charge on any atom is -0.411 e. The van der Waals surface area contributed by atoms with E-state index in [1.54, 1.807) is 0 Å². The van der Waals surface area contributed by atoms with Gasteiger partial charge in [-0.25, -0.2) is 4.79 Å². The molecule has 2 rings (SSSR count). The lowest BCUT2D eigenvalue weighted by molar-refractivity contribution is -0.114. The van der Waals surface area contributed by atoms with Crippen LogP contribution in [0.25, 0.3) is 0 Å². The van der Waals surface area contributed by atoms with Crippen LogP contribution in [0, 0.1) is 0 Å². The summed E-state index contributed by atoms with van der Waals surface area (Å²) >= 11 is 0. The third-order valence-corrected chi connectivity index (χ3v) is 8.50. The van der Waals surface area contributed by atoms with Crippen molar-refractivity contribution in [3.05, 3.63) is 22.7 Å². The van der Waals surface area contributed by atoms with E-state index in [-0.39, 0.29) is 28.4 Å². The van der Waals surface area contributed by atoms with Crippen molar-refractivity contribution in [1.29, 1.82) is 0 Å². The fourth-order valence-electron chi connectivity index (χ4n) is 3.99. The first kappa shape index (κ1) is 23.7. The van der Waals surface area contributed by atoms with Crippen molar-refractivity contribution < 1.29 is 24.2 Å². The van der Waals surface area contributed by atoms with Crippen LogP contribution in [0.3, 0.4) is 0 Å². The van der Waals surface area contributed by atoms with Gasteiger partial charge in [-0.2, -0.15) is 4.98 Å². The van der Waals surface area contributed by atoms with Crippen LogP contribution in [0.15, 0.2) is 17.1 Å². The summed E-state index contributed by atoms with van der Waals surface area (Å²) in [4.78, 5) is 27.4. The monoisotopic (exact) mass is 427 g/mol. The summed E-state index contributed by atoms with van der Waals surface area (Å²) in [5.41, 5.74) is -0.682. The highest BCUT2D eigenvalue weighted by molar-refractivity contribution is 6.58. The minimum atomic E-state index is -1.91. The molecule has 0 aliphatic carbocycles. The molecule has 1 saturated heterocycles. The smallest absolute Gasteiger partial charge is 0.351 e. The number of aromatic nitrogens is 2. The molecule has 0 bridgehead atoms. The van der Waals surface area contributed by atoms with E-state index in [1.807, 2.05) is 0 Å². The van der Waals surface area contributed by atoms with Gasteiger partial charge in [-0.05, 0) is 16.1 Å². The predicted octanol–water partition coefficient (Wildman–Crippen LogP) is 1.16. The van der Waals surface area contributed by atoms with E-state index in [4.69, 9.17) is 9.16 Å². The summed E-state index contributed by atoms with van der Waals surface area (Å²) in [7, 11) is -1.91. The fourth-order valence-corrected chi connectivity index (χ4v) is 8.05. The summed E-state index contributed by atoms with van der Waals surface area (Å²) in [5.74, 6) is -0.230. The van der Waals surface area contributed by atoms with Gasteiger partial charge in [0.1, 0.15) is 24.1 Å². The Bertz CT molecular complexity index is 771. The molecule has 1 aromatic rings. The van der Waals surface area contributed by atoms with Gasteiger partial charge in [-0.1, -0.05) is 41.5 Å². The number of aliphatic hydroxyl groups excluding tert-OH is 2. The van der Waals surface area contributed by atoms with Crippen LogP contribution >= 0.6 is 0 Å². The third kappa shape index (κ3) is 5.52. The Morgan fingerprint density at radius 3 is 2.34 bits per heavy atom. The number of amides is 1. The number of carbonyl (C=O) groups is 1. The van der Waals surface area contributed by atoms with Gasteiger partial charge in [0.25, 0.3) is 0 Å². The zero-order valence-electron chi connectivity index (χ0n) is 18.2. The molecule has 1 aromatic heterocycles. The van der Waals surface area contributed by atoms with Crippen LogP contribution in [0.4, 0.5) is 5.82 Å². The summed E-state index contributed by atoms with van der Waals surface area (Å²) in [6.45, 7) is 13.6. The van der Waals surface area contributed by atoms with E-state index in [1.165, 1.54) is 19.2 Å². The number of aliphatic hydroxyl groups is 2. The molecule has 2 heterocycles. The molecule has 2 unspecified atom stereocenters. The fraction of sp³-hybridized carbons (Fsp3) is 0.737. The lowest BCUT2D eigenvalue weighted by Gasteiger charge is -2.41. The molecule has 0 radical (unpaired) electrons. The summed E-state index contributed by atoms with van der Waals surface area (Å²) < 4.78 is 13.4. The Morgan fingerprint density at radius 1 is 1.31 bits per heavy atom. The first-order valence-electron chi connectivity index (χ1n) is 9.72. The van der Waals surface area contributed by atoms with E-state index >= 15 is 0 Å². The topological polar surface area (TPSA) is 123 Å². The van der Waals surface area contributed by atoms with E-state index in [9.17, 15) is 19.8 Å². The van der Waals surface area contributed by atoms with E-state index in [2.05, 4.69) is 51.8 Å². The Morgan fingerprint density at radius 2 is 1.90 bits per heavy atom. The average molecular weight is 428 g/mol. The summed E-state index contributed by atoms with van der Waals surface area (Å²) in [6, 6.07) is 1.45. The number of nitrogens with zero attached hydrogens (tertiary/aromatic N) is 2. The summed E-state index contributed by atoms with van der Waals surface area (Å²) in [6.07, 6.45) is -2.33. The molecule has 1 fully saturated rings. The third-order valence-electron chi connectivity index (χ3n) is 4.76. The van der Waals surface area contributed by atoms with Gasteiger partial charge in [0, 0.05) is 13.1 Å². The second-order valence-electron chi connectivity index (χ2n) is 9.63. The van der Waals surface area contributed by atoms with Gasteiger partial charge in [0.2, 0.25) is 5.91 Å². The quantitative estimate of drug-likeness (QED) is 0.603. The van der Waals surface area contributed by atoms with E-state index < -0.39 is 39.3 Å². The lowest BCUT2D eigenvalue weighted by atomic mass is 10.1. The van der Waals surface area contributed by atoms with E-state index in [0.29, 0.717) is 0 Å². The van der Waals surface area contributed by atoms with Gasteiger partial charge in [0.15, 0.2) is 15.3 Å². The largest absolute Gasteiger partial charge is 0.411 e. The van der Waals surface area contributed by atoms with Crippen LogP contribution in [-0.2, 0) is 14.0 Å². The molecule has 0 spiro atoms. The highest BCUT2D eigenvalue weighted by Crippen LogP contribution is 2.44. The lowest BCUT2D eigenvalue weighted by Crippen LogP contribution is -2.47. The Balaban J connectivity index is 2.31. The molecule has 9 nitrogen and oxygen atoms in total. The van der Waals surface area contributed by atoms with Gasteiger partial charge < -0.3 is 24.7 Å². The standard InChI is InChI=1S/C19H33N3O6Si/c1-11(24)20-13-8-9-22(17(26)21-13)16-14(25)15(12(10-23)27-16)28-29(18(2,3)4)19(5,6)7/h8-9,12,14-16,23,25,29H,10H2,1-7H3,(H,20,21,24,26)/t12-,14?,15?,16-/m1/s1. The van der Waals surface area contributed by atoms with Crippen molar-refractivity contribution in [1.82, 2.24) is 9.55 Å². The molecule has 0 aromatic carbocycles. The highest BCUT2D eigenvalue weighted by atomic mass is 28.3. The number of ether oxygens (including phenoxy) is 1. The molecular formula is C19H33N3O6Si. The average Bonchev–Trinajstić information content (AvgIpc) is 2.86. The van der Waals surface area contributed by atoms with Crippen LogP contribution < -0.4 is 11.0 Å². The number of nitrogens with one attached hydrogen (secondary N) is 1. The highest BCUT2D eigenvalue weighted by Gasteiger charge is 2.49. The molecule has 4 atom stereocenters. The molecule has 3 N–H and O–H groups in total. The van der Waals surface area contributed by atoms with Crippen LogP contribution in [0.5, 0.6) is 0 Å². The number of hydrogen-bond acceptors (Lipinski definition) is 7. The molecule has 1 aliphatic rings. The molecule has 164 valence electrons. The SMILES string of the molecule is CC(=O)Nc1ccn([C@@H]2O[C@H](CO)C(O[SiH](C(C)(C)C)C(C)(C)C)C2O)c(=O)n1. The van der Waals surface area contributed by atoms with Crippen LogP contribution in [0.1, 0.15) is 54.7 Å². The molecule has 0 saturated carbocycles. The van der Waals surface area contributed by atoms with Crippen LogP contribution in [0.2, 0.25) is 10.1 Å². The Labute approximate surface area is 172 Å². The molecule has 29 heavy (non-hydrogen) atoms. The minimum absolute atomic E-state index is 0.0888. The second kappa shape index (κ2) is 8.64. The molecule has 10 heteroatoms. The Hall–Kier alpha value is -1.59. The Kier molecular flexibility index (Phi) is 7.06. The van der Waals surface area contributed by atoms with Crippen molar-refractivity contribution in [2.45, 2.75) is 83.1 Å². The van der Waals surface area contributed by atoms with Crippen molar-refractivity contribution in [2.24, 2.45) is 0 Å². The number of rotatable bonds is 5. The van der Waals surface area contributed by atoms with Crippen molar-refractivity contribution in [2.75, 3.05) is 11.9 Å². The number of carbonyl (C=O) groups excluding carboxylic acids is 1. The first-order valence-corrected chi connectivity index (χ1v) is 11.3. The molecule has 1 aliphatic heterocycles. The van der Waals surface area contributed by atoms with Gasteiger partial charge in [-0.3, -0.25) is 9.36 Å². The maximum Gasteiger partial charge on any atom is 0.351 e. The second-order valence-corrected chi connectivity index (χ2v) is 14.1. The normalized spacial score (nSPS) is 25.4. The summed E-state index contributed by atoms with van der Waals surface area (Å²) in [5, 5.41) is 23.0.